The van der Waals surface area contributed by atoms with E-state index in [1.54, 1.807) is 0 Å². The molecule has 1 aromatic carbocycles. The van der Waals surface area contributed by atoms with Gasteiger partial charge in [-0.2, -0.15) is 0 Å². The van der Waals surface area contributed by atoms with Crippen molar-refractivity contribution in [3.63, 3.8) is 0 Å². The zero-order valence-corrected chi connectivity index (χ0v) is 17.0. The molecule has 1 saturated heterocycles. The van der Waals surface area contributed by atoms with Gasteiger partial charge in [0.2, 0.25) is 0 Å². The summed E-state index contributed by atoms with van der Waals surface area (Å²) in [7, 11) is 0. The van der Waals surface area contributed by atoms with Crippen molar-refractivity contribution >= 4 is 5.96 Å². The Labute approximate surface area is 159 Å². The lowest BCUT2D eigenvalue weighted by Gasteiger charge is -2.27. The number of guanidine groups is 1. The molecule has 0 atom stereocenters. The highest BCUT2D eigenvalue weighted by atomic mass is 16.5. The predicted octanol–water partition coefficient (Wildman–Crippen LogP) is 3.01. The molecule has 0 aromatic heterocycles. The molecule has 146 valence electrons. The standard InChI is InChI=1S/C21H36N4O/c1-5-22-20(23-11-10-21(2,3)4)24-16-18-8-6-7-9-19(18)17-25-12-14-26-15-13-25/h6-9H,5,10-17H2,1-4H3,(H2,22,23,24). The number of nitrogens with zero attached hydrogens (tertiary/aromatic N) is 2. The fourth-order valence-corrected chi connectivity index (χ4v) is 2.93. The molecular weight excluding hydrogens is 324 g/mol. The van der Waals surface area contributed by atoms with Gasteiger partial charge in [-0.15, -0.1) is 0 Å². The second-order valence-electron chi connectivity index (χ2n) is 8.09. The monoisotopic (exact) mass is 360 g/mol. The van der Waals surface area contributed by atoms with Crippen molar-refractivity contribution in [1.29, 1.82) is 0 Å². The van der Waals surface area contributed by atoms with E-state index in [1.165, 1.54) is 11.1 Å². The van der Waals surface area contributed by atoms with E-state index in [0.717, 1.165) is 58.3 Å². The zero-order chi connectivity index (χ0) is 18.8. The molecule has 0 aliphatic carbocycles. The average Bonchev–Trinajstić information content (AvgIpc) is 2.60. The highest BCUT2D eigenvalue weighted by Gasteiger charge is 2.13. The number of hydrogen-bond acceptors (Lipinski definition) is 3. The molecule has 5 nitrogen and oxygen atoms in total. The molecule has 0 amide bonds. The summed E-state index contributed by atoms with van der Waals surface area (Å²) < 4.78 is 5.45. The number of benzene rings is 1. The highest BCUT2D eigenvalue weighted by Crippen LogP contribution is 2.17. The van der Waals surface area contributed by atoms with Crippen LogP contribution in [0.1, 0.15) is 45.2 Å². The van der Waals surface area contributed by atoms with Crippen molar-refractivity contribution in [1.82, 2.24) is 15.5 Å². The first-order chi connectivity index (χ1) is 12.5. The van der Waals surface area contributed by atoms with Gasteiger partial charge in [-0.1, -0.05) is 45.0 Å². The van der Waals surface area contributed by atoms with E-state index < -0.39 is 0 Å². The Hall–Kier alpha value is -1.59. The number of hydrogen-bond donors (Lipinski definition) is 2. The number of rotatable bonds is 7. The van der Waals surface area contributed by atoms with Crippen LogP contribution in [0.2, 0.25) is 0 Å². The lowest BCUT2D eigenvalue weighted by Crippen LogP contribution is -2.38. The van der Waals surface area contributed by atoms with Crippen molar-refractivity contribution in [3.8, 4) is 0 Å². The second-order valence-corrected chi connectivity index (χ2v) is 8.09. The molecule has 0 unspecified atom stereocenters. The molecule has 26 heavy (non-hydrogen) atoms. The molecule has 1 aliphatic heterocycles. The van der Waals surface area contributed by atoms with Gasteiger partial charge in [-0.3, -0.25) is 4.90 Å². The van der Waals surface area contributed by atoms with Gasteiger partial charge in [-0.25, -0.2) is 4.99 Å². The van der Waals surface area contributed by atoms with Crippen LogP contribution in [-0.4, -0.2) is 50.3 Å². The molecule has 0 bridgehead atoms. The summed E-state index contributed by atoms with van der Waals surface area (Å²) in [5.74, 6) is 0.901. The first-order valence-electron chi connectivity index (χ1n) is 9.87. The van der Waals surface area contributed by atoms with Crippen molar-refractivity contribution in [3.05, 3.63) is 35.4 Å². The van der Waals surface area contributed by atoms with Crippen molar-refractivity contribution in [2.45, 2.75) is 47.2 Å². The molecule has 1 heterocycles. The third-order valence-electron chi connectivity index (χ3n) is 4.54. The van der Waals surface area contributed by atoms with Crippen LogP contribution in [-0.2, 0) is 17.8 Å². The smallest absolute Gasteiger partial charge is 0.191 e. The van der Waals surface area contributed by atoms with E-state index in [2.05, 4.69) is 67.5 Å². The Morgan fingerprint density at radius 3 is 2.46 bits per heavy atom. The van der Waals surface area contributed by atoms with E-state index >= 15 is 0 Å². The molecule has 2 N–H and O–H groups in total. The van der Waals surface area contributed by atoms with Gasteiger partial charge in [0.05, 0.1) is 19.8 Å². The van der Waals surface area contributed by atoms with Gasteiger partial charge in [0.15, 0.2) is 5.96 Å². The van der Waals surface area contributed by atoms with Crippen LogP contribution in [0.15, 0.2) is 29.3 Å². The van der Waals surface area contributed by atoms with E-state index in [0.29, 0.717) is 12.0 Å². The Morgan fingerprint density at radius 2 is 1.81 bits per heavy atom. The maximum Gasteiger partial charge on any atom is 0.191 e. The summed E-state index contributed by atoms with van der Waals surface area (Å²) >= 11 is 0. The Balaban J connectivity index is 1.96. The summed E-state index contributed by atoms with van der Waals surface area (Å²) in [6.07, 6.45) is 1.12. The normalized spacial score (nSPS) is 16.5. The minimum atomic E-state index is 0.328. The van der Waals surface area contributed by atoms with Crippen molar-refractivity contribution in [2.75, 3.05) is 39.4 Å². The van der Waals surface area contributed by atoms with Crippen molar-refractivity contribution in [2.24, 2.45) is 10.4 Å². The summed E-state index contributed by atoms with van der Waals surface area (Å²) in [6.45, 7) is 16.1. The average molecular weight is 361 g/mol. The quantitative estimate of drug-likeness (QED) is 0.580. The van der Waals surface area contributed by atoms with Crippen LogP contribution in [0.4, 0.5) is 0 Å². The summed E-state index contributed by atoms with van der Waals surface area (Å²) in [5, 5.41) is 6.81. The van der Waals surface area contributed by atoms with Gasteiger partial charge in [0, 0.05) is 32.7 Å². The fraction of sp³-hybridized carbons (Fsp3) is 0.667. The number of ether oxygens (including phenoxy) is 1. The molecule has 1 aromatic rings. The third-order valence-corrected chi connectivity index (χ3v) is 4.54. The lowest BCUT2D eigenvalue weighted by atomic mass is 9.92. The van der Waals surface area contributed by atoms with Crippen LogP contribution in [0.5, 0.6) is 0 Å². The number of nitrogens with one attached hydrogen (secondary N) is 2. The third kappa shape index (κ3) is 7.75. The number of aliphatic imine (C=N–C) groups is 1. The molecule has 1 fully saturated rings. The Morgan fingerprint density at radius 1 is 1.12 bits per heavy atom. The molecule has 2 rings (SSSR count). The summed E-state index contributed by atoms with van der Waals surface area (Å²) in [5.41, 5.74) is 2.99. The van der Waals surface area contributed by atoms with Crippen LogP contribution < -0.4 is 10.6 Å². The fourth-order valence-electron chi connectivity index (χ4n) is 2.93. The molecule has 0 spiro atoms. The second kappa shape index (κ2) is 10.5. The SMILES string of the molecule is CCNC(=NCc1ccccc1CN1CCOCC1)NCCC(C)(C)C. The van der Waals surface area contributed by atoms with E-state index in [-0.39, 0.29) is 0 Å². The lowest BCUT2D eigenvalue weighted by molar-refractivity contribution is 0.0341. The maximum atomic E-state index is 5.45. The summed E-state index contributed by atoms with van der Waals surface area (Å²) in [6, 6.07) is 8.64. The Kier molecular flexibility index (Phi) is 8.39. The van der Waals surface area contributed by atoms with Gasteiger partial charge in [0.1, 0.15) is 0 Å². The van der Waals surface area contributed by atoms with Crippen LogP contribution in [0.25, 0.3) is 0 Å². The molecular formula is C21H36N4O. The van der Waals surface area contributed by atoms with Gasteiger partial charge < -0.3 is 15.4 Å². The number of morpholine rings is 1. The maximum absolute atomic E-state index is 5.45. The van der Waals surface area contributed by atoms with Gasteiger partial charge in [0.25, 0.3) is 0 Å². The minimum absolute atomic E-state index is 0.328. The van der Waals surface area contributed by atoms with Crippen LogP contribution >= 0.6 is 0 Å². The van der Waals surface area contributed by atoms with Gasteiger partial charge >= 0.3 is 0 Å². The molecule has 0 saturated carbocycles. The Bertz CT molecular complexity index is 559. The minimum Gasteiger partial charge on any atom is -0.379 e. The predicted molar refractivity (Wildman–Crippen MR) is 109 cm³/mol. The molecule has 1 aliphatic rings. The first kappa shape index (κ1) is 20.7. The molecule has 5 heteroatoms. The topological polar surface area (TPSA) is 48.9 Å². The molecule has 0 radical (unpaired) electrons. The van der Waals surface area contributed by atoms with E-state index in [9.17, 15) is 0 Å². The van der Waals surface area contributed by atoms with E-state index in [1.807, 2.05) is 0 Å². The highest BCUT2D eigenvalue weighted by molar-refractivity contribution is 5.79. The van der Waals surface area contributed by atoms with E-state index in [4.69, 9.17) is 9.73 Å². The van der Waals surface area contributed by atoms with Crippen LogP contribution in [0, 0.1) is 5.41 Å². The van der Waals surface area contributed by atoms with Gasteiger partial charge in [-0.05, 0) is 29.9 Å². The summed E-state index contributed by atoms with van der Waals surface area (Å²) in [4.78, 5) is 7.27. The first-order valence-corrected chi connectivity index (χ1v) is 9.87. The van der Waals surface area contributed by atoms with Crippen LogP contribution in [0.3, 0.4) is 0 Å². The zero-order valence-electron chi connectivity index (χ0n) is 17.0. The van der Waals surface area contributed by atoms with Crippen molar-refractivity contribution < 1.29 is 4.74 Å². The largest absolute Gasteiger partial charge is 0.379 e.